The fourth-order valence-corrected chi connectivity index (χ4v) is 1.62. The summed E-state index contributed by atoms with van der Waals surface area (Å²) in [7, 11) is 0. The van der Waals surface area contributed by atoms with Crippen molar-refractivity contribution in [2.45, 2.75) is 6.42 Å². The fourth-order valence-electron chi connectivity index (χ4n) is 1.62. The Morgan fingerprint density at radius 3 is 2.89 bits per heavy atom. The first-order valence-corrected chi connectivity index (χ1v) is 5.71. The number of pyridine rings is 1. The lowest BCUT2D eigenvalue weighted by Crippen LogP contribution is -2.07. The molecule has 0 spiro atoms. The van der Waals surface area contributed by atoms with Gasteiger partial charge in [-0.05, 0) is 23.8 Å². The lowest BCUT2D eigenvalue weighted by atomic mass is 10.2. The van der Waals surface area contributed by atoms with E-state index in [1.54, 1.807) is 18.5 Å². The molecule has 0 unspecified atom stereocenters. The zero-order valence-corrected chi connectivity index (χ0v) is 10.0. The topological polar surface area (TPSA) is 59.4 Å². The van der Waals surface area contributed by atoms with Gasteiger partial charge in [-0.3, -0.25) is 4.98 Å². The molecule has 0 fully saturated rings. The predicted octanol–water partition coefficient (Wildman–Crippen LogP) is 2.54. The molecule has 98 valence electrons. The second kappa shape index (κ2) is 5.95. The lowest BCUT2D eigenvalue weighted by molar-refractivity contribution is 0.0692. The van der Waals surface area contributed by atoms with Crippen LogP contribution in [0.5, 0.6) is 5.75 Å². The monoisotopic (exact) mass is 261 g/mol. The Morgan fingerprint density at radius 2 is 2.21 bits per heavy atom. The smallest absolute Gasteiger partial charge is 0.339 e. The summed E-state index contributed by atoms with van der Waals surface area (Å²) in [5.74, 6) is -1.63. The second-order valence-electron chi connectivity index (χ2n) is 3.91. The fraction of sp³-hybridized carbons (Fsp3) is 0.143. The van der Waals surface area contributed by atoms with Crippen LogP contribution in [0.4, 0.5) is 4.39 Å². The molecule has 0 atom stereocenters. The van der Waals surface area contributed by atoms with E-state index in [1.165, 1.54) is 6.07 Å². The molecule has 0 aliphatic carbocycles. The van der Waals surface area contributed by atoms with E-state index in [1.807, 2.05) is 6.07 Å². The Hall–Kier alpha value is -2.43. The summed E-state index contributed by atoms with van der Waals surface area (Å²) in [6.45, 7) is 0.259. The number of hydrogen-bond acceptors (Lipinski definition) is 3. The quantitative estimate of drug-likeness (QED) is 0.898. The number of carbonyl (C=O) groups is 1. The summed E-state index contributed by atoms with van der Waals surface area (Å²) in [6, 6.07) is 7.06. The molecule has 0 saturated heterocycles. The van der Waals surface area contributed by atoms with E-state index in [4.69, 9.17) is 9.84 Å². The van der Waals surface area contributed by atoms with E-state index < -0.39 is 11.8 Å². The summed E-state index contributed by atoms with van der Waals surface area (Å²) < 4.78 is 18.4. The van der Waals surface area contributed by atoms with Crippen LogP contribution in [-0.4, -0.2) is 22.7 Å². The number of carboxylic acids is 1. The number of ether oxygens (including phenoxy) is 1. The molecule has 0 bridgehead atoms. The first kappa shape index (κ1) is 13.0. The minimum atomic E-state index is -1.14. The average molecular weight is 261 g/mol. The lowest BCUT2D eigenvalue weighted by Gasteiger charge is -2.09. The molecule has 1 aromatic carbocycles. The molecule has 2 aromatic rings. The number of rotatable bonds is 5. The Kier molecular flexibility index (Phi) is 4.07. The predicted molar refractivity (Wildman–Crippen MR) is 66.8 cm³/mol. The number of carboxylic acid groups (broad SMARTS) is 1. The van der Waals surface area contributed by atoms with Crippen LogP contribution in [0.25, 0.3) is 0 Å². The maximum atomic E-state index is 13.1. The van der Waals surface area contributed by atoms with Gasteiger partial charge in [0.1, 0.15) is 17.1 Å². The van der Waals surface area contributed by atoms with E-state index in [0.29, 0.717) is 6.42 Å². The largest absolute Gasteiger partial charge is 0.492 e. The molecule has 0 saturated carbocycles. The summed E-state index contributed by atoms with van der Waals surface area (Å²) >= 11 is 0. The Labute approximate surface area is 109 Å². The zero-order valence-electron chi connectivity index (χ0n) is 10.0. The number of benzene rings is 1. The molecule has 0 aliphatic heterocycles. The summed E-state index contributed by atoms with van der Waals surface area (Å²) in [5.41, 5.74) is 0.920. The summed E-state index contributed by atoms with van der Waals surface area (Å²) in [6.07, 6.45) is 3.94. The van der Waals surface area contributed by atoms with Crippen LogP contribution in [0.15, 0.2) is 42.7 Å². The third-order valence-electron chi connectivity index (χ3n) is 2.55. The van der Waals surface area contributed by atoms with E-state index in [2.05, 4.69) is 4.98 Å². The van der Waals surface area contributed by atoms with E-state index in [9.17, 15) is 9.18 Å². The number of halogens is 1. The molecular formula is C14H12FNO3. The van der Waals surface area contributed by atoms with Gasteiger partial charge in [-0.2, -0.15) is 0 Å². The van der Waals surface area contributed by atoms with Crippen molar-refractivity contribution >= 4 is 5.97 Å². The van der Waals surface area contributed by atoms with Crippen LogP contribution in [0.1, 0.15) is 15.9 Å². The van der Waals surface area contributed by atoms with Crippen molar-refractivity contribution in [2.75, 3.05) is 6.61 Å². The normalized spacial score (nSPS) is 10.2. The van der Waals surface area contributed by atoms with Crippen molar-refractivity contribution in [1.82, 2.24) is 4.98 Å². The van der Waals surface area contributed by atoms with Crippen LogP contribution in [-0.2, 0) is 6.42 Å². The van der Waals surface area contributed by atoms with Gasteiger partial charge in [-0.15, -0.1) is 0 Å². The zero-order chi connectivity index (χ0) is 13.7. The number of nitrogens with zero attached hydrogens (tertiary/aromatic N) is 1. The summed E-state index contributed by atoms with van der Waals surface area (Å²) in [4.78, 5) is 14.9. The van der Waals surface area contributed by atoms with Gasteiger partial charge in [-0.1, -0.05) is 6.07 Å². The van der Waals surface area contributed by atoms with Crippen LogP contribution >= 0.6 is 0 Å². The standard InChI is InChI=1S/C14H12FNO3/c15-11-3-4-12(14(17)18)13(8-11)19-7-5-10-2-1-6-16-9-10/h1-4,6,8-9H,5,7H2,(H,17,18). The highest BCUT2D eigenvalue weighted by Gasteiger charge is 2.12. The minimum Gasteiger partial charge on any atom is -0.492 e. The van der Waals surface area contributed by atoms with E-state index in [-0.39, 0.29) is 17.9 Å². The Bertz CT molecular complexity index is 572. The maximum Gasteiger partial charge on any atom is 0.339 e. The molecule has 1 aromatic heterocycles. The molecule has 0 radical (unpaired) electrons. The van der Waals surface area contributed by atoms with Gasteiger partial charge >= 0.3 is 5.97 Å². The third kappa shape index (κ3) is 3.51. The van der Waals surface area contributed by atoms with Crippen LogP contribution in [0.2, 0.25) is 0 Å². The van der Waals surface area contributed by atoms with Crippen molar-refractivity contribution in [3.8, 4) is 5.75 Å². The van der Waals surface area contributed by atoms with Gasteiger partial charge in [0, 0.05) is 24.9 Å². The van der Waals surface area contributed by atoms with Gasteiger partial charge < -0.3 is 9.84 Å². The number of aromatic nitrogens is 1. The number of hydrogen-bond donors (Lipinski definition) is 1. The number of aromatic carboxylic acids is 1. The maximum absolute atomic E-state index is 13.1. The van der Waals surface area contributed by atoms with Crippen molar-refractivity contribution in [1.29, 1.82) is 0 Å². The van der Waals surface area contributed by atoms with Gasteiger partial charge in [0.15, 0.2) is 0 Å². The van der Waals surface area contributed by atoms with Gasteiger partial charge in [0.25, 0.3) is 0 Å². The van der Waals surface area contributed by atoms with Crippen molar-refractivity contribution in [3.63, 3.8) is 0 Å². The molecule has 2 rings (SSSR count). The molecule has 1 N–H and O–H groups in total. The molecule has 0 aliphatic rings. The molecule has 0 amide bonds. The highest BCUT2D eigenvalue weighted by atomic mass is 19.1. The van der Waals surface area contributed by atoms with E-state index in [0.717, 1.165) is 17.7 Å². The van der Waals surface area contributed by atoms with Crippen molar-refractivity contribution < 1.29 is 19.0 Å². The second-order valence-corrected chi connectivity index (χ2v) is 3.91. The highest BCUT2D eigenvalue weighted by Crippen LogP contribution is 2.20. The molecular weight excluding hydrogens is 249 g/mol. The van der Waals surface area contributed by atoms with Crippen LogP contribution < -0.4 is 4.74 Å². The molecule has 19 heavy (non-hydrogen) atoms. The van der Waals surface area contributed by atoms with Crippen molar-refractivity contribution in [3.05, 3.63) is 59.7 Å². The molecule has 5 heteroatoms. The van der Waals surface area contributed by atoms with Crippen LogP contribution in [0, 0.1) is 5.82 Å². The first-order chi connectivity index (χ1) is 9.16. The molecule has 4 nitrogen and oxygen atoms in total. The SMILES string of the molecule is O=C(O)c1ccc(F)cc1OCCc1cccnc1. The summed E-state index contributed by atoms with van der Waals surface area (Å²) in [5, 5.41) is 8.96. The van der Waals surface area contributed by atoms with E-state index >= 15 is 0 Å². The molecule has 1 heterocycles. The Balaban J connectivity index is 2.03. The van der Waals surface area contributed by atoms with Crippen LogP contribution in [0.3, 0.4) is 0 Å². The first-order valence-electron chi connectivity index (χ1n) is 5.71. The van der Waals surface area contributed by atoms with Gasteiger partial charge in [0.2, 0.25) is 0 Å². The average Bonchev–Trinajstić information content (AvgIpc) is 2.39. The Morgan fingerprint density at radius 1 is 1.37 bits per heavy atom. The minimum absolute atomic E-state index is 0.0383. The third-order valence-corrected chi connectivity index (χ3v) is 2.55. The highest BCUT2D eigenvalue weighted by molar-refractivity contribution is 5.90. The van der Waals surface area contributed by atoms with Gasteiger partial charge in [0.05, 0.1) is 6.61 Å². The van der Waals surface area contributed by atoms with Crippen molar-refractivity contribution in [2.24, 2.45) is 0 Å². The van der Waals surface area contributed by atoms with Gasteiger partial charge in [-0.25, -0.2) is 9.18 Å².